The quantitative estimate of drug-likeness (QED) is 0.704. The van der Waals surface area contributed by atoms with Crippen molar-refractivity contribution in [2.24, 2.45) is 5.92 Å². The summed E-state index contributed by atoms with van der Waals surface area (Å²) in [5, 5.41) is 0. The second-order valence-electron chi connectivity index (χ2n) is 3.33. The van der Waals surface area contributed by atoms with Gasteiger partial charge >= 0.3 is 0 Å². The van der Waals surface area contributed by atoms with Crippen LogP contribution in [-0.2, 0) is 0 Å². The third-order valence-corrected chi connectivity index (χ3v) is 2.85. The minimum Gasteiger partial charge on any atom is -0.257 e. The van der Waals surface area contributed by atoms with Crippen molar-refractivity contribution in [2.45, 2.75) is 6.04 Å². The first-order chi connectivity index (χ1) is 6.42. The van der Waals surface area contributed by atoms with Gasteiger partial charge < -0.3 is 0 Å². The summed E-state index contributed by atoms with van der Waals surface area (Å²) in [6.07, 6.45) is 0. The minimum atomic E-state index is 0.360. The van der Waals surface area contributed by atoms with E-state index in [1.54, 1.807) is 0 Å². The lowest BCUT2D eigenvalue weighted by atomic mass is 9.97. The van der Waals surface area contributed by atoms with Gasteiger partial charge in [-0.3, -0.25) is 5.43 Å². The normalized spacial score (nSPS) is 27.8. The van der Waals surface area contributed by atoms with Crippen molar-refractivity contribution in [1.29, 1.82) is 0 Å². The maximum Gasteiger partial charge on any atom is 0.0514 e. The molecule has 2 atom stereocenters. The Kier molecular flexibility index (Phi) is 2.83. The highest BCUT2D eigenvalue weighted by molar-refractivity contribution is 6.18. The van der Waals surface area contributed by atoms with Gasteiger partial charge in [0.2, 0.25) is 0 Å². The van der Waals surface area contributed by atoms with Crippen LogP contribution in [0.5, 0.6) is 0 Å². The number of nitrogens with one attached hydrogen (secondary N) is 2. The Balaban J connectivity index is 2.16. The summed E-state index contributed by atoms with van der Waals surface area (Å²) in [5.41, 5.74) is 7.68. The maximum atomic E-state index is 5.87. The van der Waals surface area contributed by atoms with Crippen LogP contribution in [0.15, 0.2) is 30.3 Å². The summed E-state index contributed by atoms with van der Waals surface area (Å²) in [6.45, 7) is 0.947. The minimum absolute atomic E-state index is 0.360. The van der Waals surface area contributed by atoms with Crippen molar-refractivity contribution in [1.82, 2.24) is 10.9 Å². The van der Waals surface area contributed by atoms with Crippen LogP contribution in [0, 0.1) is 5.92 Å². The molecular formula is C10H13ClN2. The second-order valence-corrected chi connectivity index (χ2v) is 3.64. The zero-order valence-corrected chi connectivity index (χ0v) is 8.09. The molecule has 0 spiro atoms. The van der Waals surface area contributed by atoms with E-state index >= 15 is 0 Å². The van der Waals surface area contributed by atoms with Crippen LogP contribution in [0.4, 0.5) is 0 Å². The van der Waals surface area contributed by atoms with Crippen LogP contribution in [0.3, 0.4) is 0 Å². The molecule has 2 nitrogen and oxygen atoms in total. The molecule has 0 aliphatic carbocycles. The van der Waals surface area contributed by atoms with Gasteiger partial charge in [0.05, 0.1) is 6.04 Å². The summed E-state index contributed by atoms with van der Waals surface area (Å²) < 4.78 is 0. The van der Waals surface area contributed by atoms with Crippen LogP contribution in [0.2, 0.25) is 0 Å². The van der Waals surface area contributed by atoms with Gasteiger partial charge in [-0.05, 0) is 5.56 Å². The summed E-state index contributed by atoms with van der Waals surface area (Å²) in [6, 6.07) is 10.8. The highest BCUT2D eigenvalue weighted by Gasteiger charge is 2.26. The SMILES string of the molecule is ClCC1CNNC1c1ccccc1. The van der Waals surface area contributed by atoms with E-state index in [-0.39, 0.29) is 0 Å². The van der Waals surface area contributed by atoms with Crippen LogP contribution < -0.4 is 10.9 Å². The van der Waals surface area contributed by atoms with Gasteiger partial charge in [0, 0.05) is 18.3 Å². The summed E-state index contributed by atoms with van der Waals surface area (Å²) >= 11 is 5.87. The largest absolute Gasteiger partial charge is 0.257 e. The topological polar surface area (TPSA) is 24.1 Å². The molecule has 1 heterocycles. The van der Waals surface area contributed by atoms with Crippen LogP contribution in [-0.4, -0.2) is 12.4 Å². The van der Waals surface area contributed by atoms with E-state index in [1.807, 2.05) is 6.07 Å². The average Bonchev–Trinajstić information content (AvgIpc) is 2.67. The molecule has 1 saturated heterocycles. The monoisotopic (exact) mass is 196 g/mol. The van der Waals surface area contributed by atoms with E-state index < -0.39 is 0 Å². The Morgan fingerprint density at radius 2 is 2.08 bits per heavy atom. The van der Waals surface area contributed by atoms with E-state index in [4.69, 9.17) is 11.6 Å². The first kappa shape index (κ1) is 9.00. The van der Waals surface area contributed by atoms with Gasteiger partial charge in [-0.1, -0.05) is 30.3 Å². The van der Waals surface area contributed by atoms with Gasteiger partial charge in [-0.25, -0.2) is 5.43 Å². The number of benzene rings is 1. The zero-order valence-electron chi connectivity index (χ0n) is 7.33. The molecule has 70 valence electrons. The smallest absolute Gasteiger partial charge is 0.0514 e. The van der Waals surface area contributed by atoms with Crippen LogP contribution in [0.1, 0.15) is 11.6 Å². The fourth-order valence-electron chi connectivity index (χ4n) is 1.70. The summed E-state index contributed by atoms with van der Waals surface area (Å²) in [7, 11) is 0. The van der Waals surface area contributed by atoms with Crippen molar-refractivity contribution in [3.05, 3.63) is 35.9 Å². The molecule has 2 unspecified atom stereocenters. The molecule has 1 fully saturated rings. The summed E-state index contributed by atoms with van der Waals surface area (Å²) in [5.74, 6) is 1.18. The lowest BCUT2D eigenvalue weighted by molar-refractivity contribution is 0.512. The van der Waals surface area contributed by atoms with Crippen molar-refractivity contribution in [3.63, 3.8) is 0 Å². The van der Waals surface area contributed by atoms with Crippen molar-refractivity contribution < 1.29 is 0 Å². The molecule has 0 bridgehead atoms. The fraction of sp³-hybridized carbons (Fsp3) is 0.400. The van der Waals surface area contributed by atoms with E-state index in [1.165, 1.54) is 5.56 Å². The van der Waals surface area contributed by atoms with Crippen molar-refractivity contribution in [3.8, 4) is 0 Å². The predicted octanol–water partition coefficient (Wildman–Crippen LogP) is 1.69. The first-order valence-corrected chi connectivity index (χ1v) is 5.04. The van der Waals surface area contributed by atoms with Crippen molar-refractivity contribution >= 4 is 11.6 Å². The third kappa shape index (κ3) is 1.85. The first-order valence-electron chi connectivity index (χ1n) is 4.51. The molecule has 1 aromatic carbocycles. The average molecular weight is 197 g/mol. The number of hydrazine groups is 1. The van der Waals surface area contributed by atoms with Gasteiger partial charge in [0.15, 0.2) is 0 Å². The van der Waals surface area contributed by atoms with Gasteiger partial charge in [-0.2, -0.15) is 0 Å². The number of halogens is 1. The molecule has 1 aliphatic rings. The summed E-state index contributed by atoms with van der Waals surface area (Å²) in [4.78, 5) is 0. The molecule has 2 N–H and O–H groups in total. The maximum absolute atomic E-state index is 5.87. The van der Waals surface area contributed by atoms with E-state index in [0.717, 1.165) is 6.54 Å². The van der Waals surface area contributed by atoms with Crippen LogP contribution in [0.25, 0.3) is 0 Å². The standard InChI is InChI=1S/C10H13ClN2/c11-6-9-7-12-13-10(9)8-4-2-1-3-5-8/h1-5,9-10,12-13H,6-7H2. The molecule has 0 aromatic heterocycles. The number of hydrogen-bond acceptors (Lipinski definition) is 2. The number of rotatable bonds is 2. The molecule has 1 aliphatic heterocycles. The highest BCUT2D eigenvalue weighted by Crippen LogP contribution is 2.25. The Morgan fingerprint density at radius 1 is 1.31 bits per heavy atom. The molecule has 2 rings (SSSR count). The predicted molar refractivity (Wildman–Crippen MR) is 54.5 cm³/mol. The van der Waals surface area contributed by atoms with Gasteiger partial charge in [-0.15, -0.1) is 11.6 Å². The Labute approximate surface area is 83.3 Å². The lowest BCUT2D eigenvalue weighted by Crippen LogP contribution is -2.25. The third-order valence-electron chi connectivity index (χ3n) is 2.45. The molecule has 0 amide bonds. The molecule has 0 radical (unpaired) electrons. The molecule has 3 heteroatoms. The van der Waals surface area contributed by atoms with Gasteiger partial charge in [0.1, 0.15) is 0 Å². The lowest BCUT2D eigenvalue weighted by Gasteiger charge is -2.15. The second kappa shape index (κ2) is 4.09. The number of alkyl halides is 1. The molecular weight excluding hydrogens is 184 g/mol. The fourth-order valence-corrected chi connectivity index (χ4v) is 1.98. The Hall–Kier alpha value is -0.570. The van der Waals surface area contributed by atoms with Crippen LogP contribution >= 0.6 is 11.6 Å². The van der Waals surface area contributed by atoms with E-state index in [9.17, 15) is 0 Å². The Bertz CT molecular complexity index is 263. The molecule has 13 heavy (non-hydrogen) atoms. The molecule has 1 aromatic rings. The highest BCUT2D eigenvalue weighted by atomic mass is 35.5. The number of hydrogen-bond donors (Lipinski definition) is 2. The zero-order chi connectivity index (χ0) is 9.10. The molecule has 0 saturated carbocycles. The van der Waals surface area contributed by atoms with Crippen molar-refractivity contribution in [2.75, 3.05) is 12.4 Å². The Morgan fingerprint density at radius 3 is 2.77 bits per heavy atom. The van der Waals surface area contributed by atoms with E-state index in [0.29, 0.717) is 17.8 Å². The van der Waals surface area contributed by atoms with Gasteiger partial charge in [0.25, 0.3) is 0 Å². The van der Waals surface area contributed by atoms with E-state index in [2.05, 4.69) is 35.1 Å².